The normalized spacial score (nSPS) is 22.7. The van der Waals surface area contributed by atoms with E-state index in [1.807, 2.05) is 13.1 Å². The van der Waals surface area contributed by atoms with Crippen molar-refractivity contribution in [2.45, 2.75) is 128 Å². The number of aromatic nitrogens is 6. The fraction of sp³-hybridized carbons (Fsp3) is 0.800. The fourth-order valence-electron chi connectivity index (χ4n) is 6.66. The minimum absolute atomic E-state index is 0.108. The smallest absolute Gasteiger partial charge is 0.336 e. The molecule has 2 aromatic rings. The van der Waals surface area contributed by atoms with Crippen molar-refractivity contribution in [2.75, 3.05) is 26.4 Å². The van der Waals surface area contributed by atoms with Gasteiger partial charge in [0, 0.05) is 13.1 Å². The molecule has 18 nitrogen and oxygen atoms in total. The van der Waals surface area contributed by atoms with E-state index in [2.05, 4.69) is 26.2 Å². The van der Waals surface area contributed by atoms with Crippen LogP contribution in [0.15, 0.2) is 28.8 Å². The van der Waals surface area contributed by atoms with E-state index in [4.69, 9.17) is 27.2 Å². The summed E-state index contributed by atoms with van der Waals surface area (Å²) in [5.74, 6) is 0. The van der Waals surface area contributed by atoms with Crippen molar-refractivity contribution in [1.29, 1.82) is 0 Å². The van der Waals surface area contributed by atoms with Gasteiger partial charge in [0.2, 0.25) is 0 Å². The Morgan fingerprint density at radius 1 is 0.471 bits per heavy atom. The van der Waals surface area contributed by atoms with Crippen LogP contribution in [0.2, 0.25) is 51.4 Å². The predicted molar refractivity (Wildman–Crippen MR) is 191 cm³/mol. The maximum atomic E-state index is 13.3. The molecule has 0 saturated carbocycles. The third kappa shape index (κ3) is 9.81. The lowest BCUT2D eigenvalue weighted by Crippen LogP contribution is -2.56. The van der Waals surface area contributed by atoms with E-state index in [1.165, 1.54) is 0 Å². The van der Waals surface area contributed by atoms with Gasteiger partial charge in [-0.1, -0.05) is 0 Å². The molecule has 4 unspecified atom stereocenters. The monoisotopic (exact) mass is 770 g/mol. The third-order valence-corrected chi connectivity index (χ3v) is 20.8. The van der Waals surface area contributed by atoms with Gasteiger partial charge in [-0.15, -0.1) is 0 Å². The summed E-state index contributed by atoms with van der Waals surface area (Å²) in [5.41, 5.74) is -3.80. The van der Waals surface area contributed by atoms with Gasteiger partial charge in [-0.3, -0.25) is 0 Å². The predicted octanol–water partition coefficient (Wildman–Crippen LogP) is -1.12. The van der Waals surface area contributed by atoms with Crippen LogP contribution < -0.4 is 34.1 Å². The Morgan fingerprint density at radius 3 is 0.941 bits per heavy atom. The van der Waals surface area contributed by atoms with Gasteiger partial charge in [-0.05, 0) is 64.2 Å². The van der Waals surface area contributed by atoms with Gasteiger partial charge in [0.05, 0.1) is 77.0 Å². The molecule has 4 saturated heterocycles. The summed E-state index contributed by atoms with van der Waals surface area (Å²) in [4.78, 5) is 79.0. The first-order valence-corrected chi connectivity index (χ1v) is 26.7. The number of nitrogens with zero attached hydrogens (tertiary/aromatic N) is 6. The zero-order valence-corrected chi connectivity index (χ0v) is 33.3. The van der Waals surface area contributed by atoms with Crippen LogP contribution in [0.5, 0.6) is 0 Å². The van der Waals surface area contributed by atoms with Crippen LogP contribution in [0, 0.1) is 0 Å². The first kappa shape index (κ1) is 38.0. The number of hydrogen-bond donors (Lipinski definition) is 0. The van der Waals surface area contributed by atoms with Crippen LogP contribution >= 0.6 is 0 Å². The molecule has 0 aliphatic carbocycles. The lowest BCUT2D eigenvalue weighted by molar-refractivity contribution is 0.339. The second-order valence-electron chi connectivity index (χ2n) is 15.6. The van der Waals surface area contributed by atoms with Crippen molar-refractivity contribution in [1.82, 2.24) is 27.4 Å². The molecule has 6 rings (SSSR count). The molecular weight excluding hydrogens is 721 g/mol. The van der Waals surface area contributed by atoms with Gasteiger partial charge in [0.1, 0.15) is 0 Å². The molecule has 4 fully saturated rings. The van der Waals surface area contributed by atoms with E-state index in [0.29, 0.717) is 51.4 Å². The Kier molecular flexibility index (Phi) is 10.8. The van der Waals surface area contributed by atoms with Crippen molar-refractivity contribution in [3.63, 3.8) is 0 Å². The van der Waals surface area contributed by atoms with E-state index >= 15 is 0 Å². The topological polar surface area (TPSA) is 201 Å². The van der Waals surface area contributed by atoms with E-state index in [0.717, 1.165) is 27.4 Å². The van der Waals surface area contributed by atoms with Crippen molar-refractivity contribution in [3.8, 4) is 0 Å². The molecule has 0 aromatic carbocycles. The molecule has 0 radical (unpaired) electrons. The fourth-order valence-corrected chi connectivity index (χ4v) is 20.7. The Bertz CT molecular complexity index is 1740. The minimum Gasteiger partial charge on any atom is -0.437 e. The van der Waals surface area contributed by atoms with Gasteiger partial charge in [0.25, 0.3) is 0 Å². The zero-order valence-electron chi connectivity index (χ0n) is 30.3. The molecule has 4 aliphatic heterocycles. The standard InChI is InChI=1S/C30H50N6O12Si3/c1-49(2,11-7-9-31-25(37)33(13-21-17-43-21)29(41)34(26(31)38)14-22-18-44-22)47-51(5,6)48-50(3,4)12-8-10-32-27(39)35(15-23-19-45-23)30(42)36(28(32)40)16-24-20-46-24/h21-24H,7-20H2,1-6H3. The minimum atomic E-state index is -2.66. The number of rotatable bonds is 20. The molecule has 21 heteroatoms. The lowest BCUT2D eigenvalue weighted by Gasteiger charge is -2.38. The van der Waals surface area contributed by atoms with E-state index in [9.17, 15) is 28.8 Å². The van der Waals surface area contributed by atoms with Crippen LogP contribution in [0.1, 0.15) is 12.8 Å². The van der Waals surface area contributed by atoms with Crippen molar-refractivity contribution in [3.05, 3.63) is 62.9 Å². The second kappa shape index (κ2) is 14.6. The summed E-state index contributed by atoms with van der Waals surface area (Å²) >= 11 is 0. The average Bonchev–Trinajstić information content (AvgIpc) is 3.83. The second-order valence-corrected chi connectivity index (χ2v) is 28.1. The Balaban J connectivity index is 1.06. The van der Waals surface area contributed by atoms with Crippen molar-refractivity contribution in [2.24, 2.45) is 0 Å². The van der Waals surface area contributed by atoms with Crippen LogP contribution in [0.25, 0.3) is 0 Å². The van der Waals surface area contributed by atoms with Crippen LogP contribution in [-0.2, 0) is 66.4 Å². The maximum Gasteiger partial charge on any atom is 0.336 e. The number of epoxide rings is 4. The Morgan fingerprint density at radius 2 is 0.706 bits per heavy atom. The van der Waals surface area contributed by atoms with E-state index < -0.39 is 59.3 Å². The SMILES string of the molecule is C[Si](C)(CCCn1c(=O)n(CC2CO2)c(=O)n(CC2CO2)c1=O)O[Si](C)(C)O[Si](C)(C)CCCn1c(=O)n(CC2CO2)c(=O)n(CC2CO2)c1=O. The van der Waals surface area contributed by atoms with Crippen LogP contribution in [0.4, 0.5) is 0 Å². The van der Waals surface area contributed by atoms with Gasteiger partial charge >= 0.3 is 42.7 Å². The molecule has 0 N–H and O–H groups in total. The highest BCUT2D eigenvalue weighted by Crippen LogP contribution is 2.26. The summed E-state index contributed by atoms with van der Waals surface area (Å²) in [7, 11) is -7.36. The summed E-state index contributed by atoms with van der Waals surface area (Å²) in [5, 5.41) is 0. The molecule has 284 valence electrons. The van der Waals surface area contributed by atoms with E-state index in [-0.39, 0.29) is 63.7 Å². The average molecular weight is 771 g/mol. The summed E-state index contributed by atoms with van der Waals surface area (Å²) < 4.78 is 41.1. The lowest BCUT2D eigenvalue weighted by atomic mass is 10.4. The molecule has 0 spiro atoms. The molecule has 4 aliphatic rings. The quantitative estimate of drug-likeness (QED) is 0.116. The molecule has 0 amide bonds. The summed E-state index contributed by atoms with van der Waals surface area (Å²) in [6, 6.07) is 1.31. The van der Waals surface area contributed by atoms with Gasteiger partial charge < -0.3 is 27.2 Å². The Hall–Kier alpha value is -2.77. The number of hydrogen-bond acceptors (Lipinski definition) is 12. The molecule has 51 heavy (non-hydrogen) atoms. The van der Waals surface area contributed by atoms with Crippen LogP contribution in [-0.4, -0.2) is 103 Å². The zero-order chi connectivity index (χ0) is 36.9. The summed E-state index contributed by atoms with van der Waals surface area (Å²) in [6.45, 7) is 15.0. The van der Waals surface area contributed by atoms with Crippen molar-refractivity contribution < 1.29 is 27.2 Å². The molecule has 6 heterocycles. The largest absolute Gasteiger partial charge is 0.437 e. The first-order valence-electron chi connectivity index (χ1n) is 17.7. The molecular formula is C30H50N6O12Si3. The van der Waals surface area contributed by atoms with Gasteiger partial charge in [-0.25, -0.2) is 56.2 Å². The molecule has 4 atom stereocenters. The van der Waals surface area contributed by atoms with Crippen LogP contribution in [0.3, 0.4) is 0 Å². The highest BCUT2D eigenvalue weighted by molar-refractivity contribution is 6.87. The highest BCUT2D eigenvalue weighted by atomic mass is 28.5. The first-order chi connectivity index (χ1) is 23.9. The maximum absolute atomic E-state index is 13.3. The third-order valence-electron chi connectivity index (χ3n) is 9.29. The number of ether oxygens (including phenoxy) is 4. The molecule has 2 aromatic heterocycles. The Labute approximate surface area is 296 Å². The molecule has 0 bridgehead atoms. The van der Waals surface area contributed by atoms with Gasteiger partial charge in [-0.2, -0.15) is 0 Å². The van der Waals surface area contributed by atoms with E-state index in [1.54, 1.807) is 0 Å². The highest BCUT2D eigenvalue weighted by Gasteiger charge is 2.40. The van der Waals surface area contributed by atoms with Gasteiger partial charge in [0.15, 0.2) is 16.6 Å². The van der Waals surface area contributed by atoms with Crippen molar-refractivity contribution >= 4 is 25.2 Å². The summed E-state index contributed by atoms with van der Waals surface area (Å²) in [6.07, 6.45) is 0.189.